The molecule has 0 saturated heterocycles. The molecule has 4 heteroatoms. The van der Waals surface area contributed by atoms with Gasteiger partial charge in [-0.1, -0.05) is 19.3 Å². The standard InChI is InChI=1S/C15H29NO3/c1-3-19-14-9-13(16-10-12(17)11-18-2)15(14)7-5-4-6-8-15/h12-14,16-17H,3-11H2,1-2H3/t12-,13-,14+/m0/s1. The molecule has 112 valence electrons. The van der Waals surface area contributed by atoms with Crippen LogP contribution in [0.4, 0.5) is 0 Å². The molecule has 0 unspecified atom stereocenters. The van der Waals surface area contributed by atoms with Crippen molar-refractivity contribution in [1.82, 2.24) is 5.32 Å². The molecule has 0 amide bonds. The molecule has 19 heavy (non-hydrogen) atoms. The summed E-state index contributed by atoms with van der Waals surface area (Å²) in [6.45, 7) is 3.92. The van der Waals surface area contributed by atoms with Gasteiger partial charge in [-0.2, -0.15) is 0 Å². The highest BCUT2D eigenvalue weighted by atomic mass is 16.5. The van der Waals surface area contributed by atoms with Crippen LogP contribution in [0.25, 0.3) is 0 Å². The second kappa shape index (κ2) is 7.02. The van der Waals surface area contributed by atoms with E-state index in [4.69, 9.17) is 9.47 Å². The van der Waals surface area contributed by atoms with Crippen LogP contribution in [0.2, 0.25) is 0 Å². The topological polar surface area (TPSA) is 50.7 Å². The molecule has 3 atom stereocenters. The van der Waals surface area contributed by atoms with E-state index in [0.29, 0.717) is 30.7 Å². The van der Waals surface area contributed by atoms with Crippen LogP contribution in [0.1, 0.15) is 45.4 Å². The molecule has 0 aromatic rings. The summed E-state index contributed by atoms with van der Waals surface area (Å²) in [5.74, 6) is 0. The van der Waals surface area contributed by atoms with E-state index in [-0.39, 0.29) is 0 Å². The molecule has 1 spiro atoms. The number of methoxy groups -OCH3 is 1. The summed E-state index contributed by atoms with van der Waals surface area (Å²) in [5.41, 5.74) is 0.334. The van der Waals surface area contributed by atoms with E-state index in [1.807, 2.05) is 0 Å². The number of aliphatic hydroxyl groups is 1. The fourth-order valence-corrected chi connectivity index (χ4v) is 3.88. The minimum Gasteiger partial charge on any atom is -0.389 e. The van der Waals surface area contributed by atoms with E-state index in [0.717, 1.165) is 13.0 Å². The van der Waals surface area contributed by atoms with Crippen LogP contribution in [0.5, 0.6) is 0 Å². The minimum absolute atomic E-state index is 0.334. The van der Waals surface area contributed by atoms with E-state index in [2.05, 4.69) is 12.2 Å². The van der Waals surface area contributed by atoms with Gasteiger partial charge in [-0.05, 0) is 26.2 Å². The Hall–Kier alpha value is -0.160. The zero-order valence-corrected chi connectivity index (χ0v) is 12.4. The number of hydrogen-bond donors (Lipinski definition) is 2. The van der Waals surface area contributed by atoms with Crippen molar-refractivity contribution in [1.29, 1.82) is 0 Å². The van der Waals surface area contributed by atoms with E-state index in [1.165, 1.54) is 32.1 Å². The SMILES string of the molecule is CCO[C@@H]1C[C@H](NC[C@H](O)COC)C12CCCCC2. The van der Waals surface area contributed by atoms with Crippen molar-refractivity contribution < 1.29 is 14.6 Å². The van der Waals surface area contributed by atoms with Gasteiger partial charge >= 0.3 is 0 Å². The molecule has 0 heterocycles. The maximum Gasteiger partial charge on any atom is 0.0897 e. The van der Waals surface area contributed by atoms with E-state index >= 15 is 0 Å². The van der Waals surface area contributed by atoms with Crippen LogP contribution in [-0.2, 0) is 9.47 Å². The van der Waals surface area contributed by atoms with Crippen molar-refractivity contribution in [3.8, 4) is 0 Å². The molecule has 0 bridgehead atoms. The number of ether oxygens (including phenoxy) is 2. The van der Waals surface area contributed by atoms with Gasteiger partial charge < -0.3 is 19.9 Å². The second-order valence-electron chi connectivity index (χ2n) is 6.04. The van der Waals surface area contributed by atoms with Gasteiger partial charge in [-0.25, -0.2) is 0 Å². The van der Waals surface area contributed by atoms with Crippen LogP contribution in [0, 0.1) is 5.41 Å². The first kappa shape index (κ1) is 15.2. The lowest BCUT2D eigenvalue weighted by Crippen LogP contribution is -2.65. The molecule has 2 fully saturated rings. The monoisotopic (exact) mass is 271 g/mol. The highest BCUT2D eigenvalue weighted by Crippen LogP contribution is 2.53. The predicted molar refractivity (Wildman–Crippen MR) is 75.2 cm³/mol. The molecule has 0 radical (unpaired) electrons. The van der Waals surface area contributed by atoms with Crippen molar-refractivity contribution in [2.45, 2.75) is 63.7 Å². The largest absolute Gasteiger partial charge is 0.389 e. The summed E-state index contributed by atoms with van der Waals surface area (Å²) >= 11 is 0. The van der Waals surface area contributed by atoms with Crippen molar-refractivity contribution >= 4 is 0 Å². The Morgan fingerprint density at radius 3 is 2.68 bits per heavy atom. The molecule has 2 saturated carbocycles. The Morgan fingerprint density at radius 1 is 1.32 bits per heavy atom. The van der Waals surface area contributed by atoms with Crippen molar-refractivity contribution in [3.63, 3.8) is 0 Å². The number of hydrogen-bond acceptors (Lipinski definition) is 4. The van der Waals surface area contributed by atoms with Crippen LogP contribution in [0.3, 0.4) is 0 Å². The normalized spacial score (nSPS) is 31.1. The Balaban J connectivity index is 1.86. The zero-order valence-electron chi connectivity index (χ0n) is 12.4. The molecule has 2 rings (SSSR count). The third-order valence-corrected chi connectivity index (χ3v) is 4.90. The maximum atomic E-state index is 9.75. The first-order chi connectivity index (χ1) is 9.23. The van der Waals surface area contributed by atoms with Gasteiger partial charge in [-0.3, -0.25) is 0 Å². The van der Waals surface area contributed by atoms with E-state index in [1.54, 1.807) is 7.11 Å². The Bertz CT molecular complexity index is 266. The second-order valence-corrected chi connectivity index (χ2v) is 6.04. The van der Waals surface area contributed by atoms with Gasteiger partial charge in [0.15, 0.2) is 0 Å². The molecule has 0 aliphatic heterocycles. The summed E-state index contributed by atoms with van der Waals surface area (Å²) in [7, 11) is 1.63. The van der Waals surface area contributed by atoms with Crippen molar-refractivity contribution in [2.24, 2.45) is 5.41 Å². The average molecular weight is 271 g/mol. The van der Waals surface area contributed by atoms with Crippen molar-refractivity contribution in [2.75, 3.05) is 26.9 Å². The summed E-state index contributed by atoms with van der Waals surface area (Å²) in [6, 6.07) is 0.510. The lowest BCUT2D eigenvalue weighted by atomic mass is 9.55. The molecule has 0 aromatic heterocycles. The summed E-state index contributed by atoms with van der Waals surface area (Å²) in [4.78, 5) is 0. The van der Waals surface area contributed by atoms with Crippen LogP contribution >= 0.6 is 0 Å². The molecule has 2 aliphatic carbocycles. The van der Waals surface area contributed by atoms with Gasteiger partial charge in [0.1, 0.15) is 0 Å². The number of rotatable bonds is 7. The van der Waals surface area contributed by atoms with Gasteiger partial charge in [0.05, 0.1) is 18.8 Å². The summed E-state index contributed by atoms with van der Waals surface area (Å²) in [6.07, 6.45) is 7.66. The predicted octanol–water partition coefficient (Wildman–Crippen LogP) is 1.71. The number of aliphatic hydroxyl groups excluding tert-OH is 1. The average Bonchev–Trinajstić information content (AvgIpc) is 2.43. The van der Waals surface area contributed by atoms with Crippen LogP contribution < -0.4 is 5.32 Å². The van der Waals surface area contributed by atoms with Crippen LogP contribution in [0.15, 0.2) is 0 Å². The van der Waals surface area contributed by atoms with E-state index < -0.39 is 6.10 Å². The summed E-state index contributed by atoms with van der Waals surface area (Å²) in [5, 5.41) is 13.3. The van der Waals surface area contributed by atoms with Crippen LogP contribution in [-0.4, -0.2) is 50.2 Å². The fourth-order valence-electron chi connectivity index (χ4n) is 3.88. The first-order valence-electron chi connectivity index (χ1n) is 7.75. The third-order valence-electron chi connectivity index (χ3n) is 4.90. The minimum atomic E-state index is -0.406. The Kier molecular flexibility index (Phi) is 5.63. The third kappa shape index (κ3) is 3.30. The molecule has 2 aliphatic rings. The molecular weight excluding hydrogens is 242 g/mol. The maximum absolute atomic E-state index is 9.75. The van der Waals surface area contributed by atoms with Gasteiger partial charge in [0.2, 0.25) is 0 Å². The lowest BCUT2D eigenvalue weighted by Gasteiger charge is -2.58. The Labute approximate surface area is 116 Å². The summed E-state index contributed by atoms with van der Waals surface area (Å²) < 4.78 is 10.9. The lowest BCUT2D eigenvalue weighted by molar-refractivity contribution is -0.151. The Morgan fingerprint density at radius 2 is 2.05 bits per heavy atom. The first-order valence-corrected chi connectivity index (χ1v) is 7.75. The fraction of sp³-hybridized carbons (Fsp3) is 1.00. The molecular formula is C15H29NO3. The molecule has 4 nitrogen and oxygen atoms in total. The zero-order chi connectivity index (χ0) is 13.7. The van der Waals surface area contributed by atoms with Gasteiger partial charge in [-0.15, -0.1) is 0 Å². The van der Waals surface area contributed by atoms with E-state index in [9.17, 15) is 5.11 Å². The van der Waals surface area contributed by atoms with Gasteiger partial charge in [0, 0.05) is 31.7 Å². The quantitative estimate of drug-likeness (QED) is 0.740. The molecule has 0 aromatic carbocycles. The molecule has 2 N–H and O–H groups in total. The van der Waals surface area contributed by atoms with Gasteiger partial charge in [0.25, 0.3) is 0 Å². The number of nitrogens with one attached hydrogen (secondary N) is 1. The van der Waals surface area contributed by atoms with Crippen molar-refractivity contribution in [3.05, 3.63) is 0 Å². The smallest absolute Gasteiger partial charge is 0.0897 e. The highest BCUT2D eigenvalue weighted by Gasteiger charge is 2.55. The highest BCUT2D eigenvalue weighted by molar-refractivity contribution is 5.09.